The van der Waals surface area contributed by atoms with E-state index in [0.29, 0.717) is 0 Å². The van der Waals surface area contributed by atoms with E-state index in [4.69, 9.17) is 0 Å². The molecule has 188 valence electrons. The van der Waals surface area contributed by atoms with Gasteiger partial charge in [0, 0.05) is 24.8 Å². The van der Waals surface area contributed by atoms with E-state index in [-0.39, 0.29) is 95.0 Å². The van der Waals surface area contributed by atoms with Crippen molar-refractivity contribution in [2.45, 2.75) is 0 Å². The largest absolute Gasteiger partial charge is 6.00 e. The van der Waals surface area contributed by atoms with Crippen LogP contribution < -0.4 is 0 Å². The first kappa shape index (κ1) is 58.6. The monoisotopic (exact) mass is 605 g/mol. The summed E-state index contributed by atoms with van der Waals surface area (Å²) in [6, 6.07) is 23.2. The third-order valence-corrected chi connectivity index (χ3v) is 3.18. The summed E-state index contributed by atoms with van der Waals surface area (Å²) in [5.74, 6) is 0. The minimum absolute atomic E-state index is 0. The standard InChI is InChI=1S/2C10H8N2.2Cr.Ni.H2O.7O/c2*1-3-7-11-9(5-1)10-6-2-4-8-12-10;;;;;;;;;;;/h2*1-8H;;;;1H2;;;;;;;/q;;+5;+6;+3;;7*-2/p+1. The van der Waals surface area contributed by atoms with Gasteiger partial charge < -0.3 is 43.8 Å². The second-order valence-electron chi connectivity index (χ2n) is 4.86. The van der Waals surface area contributed by atoms with Crippen LogP contribution in [-0.4, -0.2) is 19.9 Å². The van der Waals surface area contributed by atoms with Gasteiger partial charge in [-0.1, -0.05) is 24.3 Å². The van der Waals surface area contributed by atoms with E-state index in [1.165, 1.54) is 0 Å². The zero-order chi connectivity index (χ0) is 16.5. The van der Waals surface area contributed by atoms with Gasteiger partial charge in [-0.2, -0.15) is 0 Å². The minimum atomic E-state index is 0. The van der Waals surface area contributed by atoms with Gasteiger partial charge in [0.05, 0.1) is 22.8 Å². The molecule has 12 nitrogen and oxygen atoms in total. The van der Waals surface area contributed by atoms with Crippen LogP contribution >= 0.6 is 0 Å². The van der Waals surface area contributed by atoms with Crippen LogP contribution in [0.3, 0.4) is 0 Å². The number of hydrogen-bond donors (Lipinski definition) is 0. The van der Waals surface area contributed by atoms with Crippen LogP contribution in [0.25, 0.3) is 22.8 Å². The molecule has 0 bridgehead atoms. The molecule has 0 unspecified atom stereocenters. The van der Waals surface area contributed by atoms with Gasteiger partial charge in [0.25, 0.3) is 0 Å². The molecule has 0 fully saturated rings. The molecule has 4 rings (SSSR count). The van der Waals surface area contributed by atoms with Crippen LogP contribution in [0.5, 0.6) is 0 Å². The number of aromatic nitrogens is 4. The quantitative estimate of drug-likeness (QED) is 0.245. The molecule has 0 amide bonds. The van der Waals surface area contributed by atoms with Crippen LogP contribution in [0.4, 0.5) is 0 Å². The van der Waals surface area contributed by atoms with E-state index in [1.54, 1.807) is 24.8 Å². The third kappa shape index (κ3) is 19.8. The van der Waals surface area contributed by atoms with Crippen molar-refractivity contribution in [3.8, 4) is 22.8 Å². The Bertz CT molecular complexity index is 729. The first-order valence-electron chi connectivity index (χ1n) is 7.58. The molecule has 0 saturated carbocycles. The average molecular weight is 606 g/mol. The molecule has 0 atom stereocenters. The zero-order valence-corrected chi connectivity index (χ0v) is 21.1. The topological polar surface area (TPSA) is 284 Å². The summed E-state index contributed by atoms with van der Waals surface area (Å²) in [5.41, 5.74) is 3.66. The van der Waals surface area contributed by atoms with Gasteiger partial charge in [0.15, 0.2) is 0 Å². The molecule has 4 heterocycles. The predicted octanol–water partition coefficient (Wildman–Crippen LogP) is 2.53. The Labute approximate surface area is 234 Å². The van der Waals surface area contributed by atoms with E-state index >= 15 is 0 Å². The maximum atomic E-state index is 4.19. The van der Waals surface area contributed by atoms with Crippen molar-refractivity contribution in [2.24, 2.45) is 0 Å². The maximum Gasteiger partial charge on any atom is 6.00 e. The molecular formula is C20H19Cr2N4NiO8+. The fourth-order valence-corrected chi connectivity index (χ4v) is 2.06. The molecule has 0 aromatic carbocycles. The van der Waals surface area contributed by atoms with Gasteiger partial charge in [-0.25, -0.2) is 0 Å². The molecule has 0 aliphatic heterocycles. The van der Waals surface area contributed by atoms with Gasteiger partial charge in [-0.05, 0) is 48.5 Å². The van der Waals surface area contributed by atoms with Gasteiger partial charge in [0.2, 0.25) is 0 Å². The molecule has 15 heteroatoms. The van der Waals surface area contributed by atoms with Crippen molar-refractivity contribution < 1.29 is 95.0 Å². The van der Waals surface area contributed by atoms with Crippen LogP contribution in [-0.2, 0) is 95.0 Å². The van der Waals surface area contributed by atoms with Gasteiger partial charge in [0.1, 0.15) is 0 Å². The van der Waals surface area contributed by atoms with E-state index in [1.807, 2.05) is 72.8 Å². The Morgan fingerprint density at radius 3 is 0.657 bits per heavy atom. The molecule has 0 aliphatic carbocycles. The number of nitrogens with zero attached hydrogens (tertiary/aromatic N) is 4. The Balaban J connectivity index is -0.0000000420. The van der Waals surface area contributed by atoms with Crippen molar-refractivity contribution in [1.29, 1.82) is 0 Å². The summed E-state index contributed by atoms with van der Waals surface area (Å²) < 4.78 is 0. The normalized spacial score (nSPS) is 6.63. The molecule has 35 heavy (non-hydrogen) atoms. The van der Waals surface area contributed by atoms with E-state index in [9.17, 15) is 0 Å². The summed E-state index contributed by atoms with van der Waals surface area (Å²) in [5, 5.41) is 0. The van der Waals surface area contributed by atoms with Gasteiger partial charge in [-0.15, -0.1) is 0 Å². The Morgan fingerprint density at radius 2 is 0.543 bits per heavy atom. The van der Waals surface area contributed by atoms with E-state index < -0.39 is 0 Å². The average Bonchev–Trinajstić information content (AvgIpc) is 2.71. The van der Waals surface area contributed by atoms with Gasteiger partial charge >= 0.3 is 51.2 Å². The second kappa shape index (κ2) is 34.0. The van der Waals surface area contributed by atoms with Crippen LogP contribution in [0.15, 0.2) is 97.6 Å². The summed E-state index contributed by atoms with van der Waals surface area (Å²) in [6.07, 6.45) is 7.07. The van der Waals surface area contributed by atoms with Gasteiger partial charge in [-0.3, -0.25) is 19.9 Å². The van der Waals surface area contributed by atoms with Crippen molar-refractivity contribution in [1.82, 2.24) is 19.9 Å². The first-order valence-corrected chi connectivity index (χ1v) is 7.58. The van der Waals surface area contributed by atoms with Crippen LogP contribution in [0.1, 0.15) is 0 Å². The SMILES string of the molecule is [Cr+5].[Cr+6].[Ni+3].[O-2].[O-2].[O-2].[O-2].[O-2].[O-2].[O-2].[OH3+].c1ccc(-c2ccccn2)nc1.c1ccc(-c2ccccn2)nc1. The Kier molecular flexibility index (Phi) is 56.9. The van der Waals surface area contributed by atoms with Crippen molar-refractivity contribution in [3.63, 3.8) is 0 Å². The van der Waals surface area contributed by atoms with E-state index in [0.717, 1.165) is 22.8 Å². The number of rotatable bonds is 2. The maximum absolute atomic E-state index is 4.19. The summed E-state index contributed by atoms with van der Waals surface area (Å²) >= 11 is 0. The Hall–Kier alpha value is -2.16. The summed E-state index contributed by atoms with van der Waals surface area (Å²) in [6.45, 7) is 0. The number of hydrogen-bond acceptors (Lipinski definition) is 4. The molecule has 2 radical (unpaired) electrons. The van der Waals surface area contributed by atoms with Crippen LogP contribution in [0.2, 0.25) is 0 Å². The smallest absolute Gasteiger partial charge is 2.00 e. The first-order chi connectivity index (χ1) is 11.9. The predicted molar refractivity (Wildman–Crippen MR) is 105 cm³/mol. The Morgan fingerprint density at radius 1 is 0.371 bits per heavy atom. The van der Waals surface area contributed by atoms with E-state index in [2.05, 4.69) is 19.9 Å². The number of pyridine rings is 4. The molecule has 0 saturated heterocycles. The molecule has 3 N–H and O–H groups in total. The molecular weight excluding hydrogens is 587 g/mol. The van der Waals surface area contributed by atoms with Crippen molar-refractivity contribution in [3.05, 3.63) is 97.6 Å². The summed E-state index contributed by atoms with van der Waals surface area (Å²) in [7, 11) is 0. The minimum Gasteiger partial charge on any atom is -2.00 e. The van der Waals surface area contributed by atoms with Crippen molar-refractivity contribution in [2.75, 3.05) is 0 Å². The zero-order valence-electron chi connectivity index (χ0n) is 17.6. The molecule has 0 aliphatic rings. The molecule has 4 aromatic rings. The molecule has 0 spiro atoms. The summed E-state index contributed by atoms with van der Waals surface area (Å²) in [4.78, 5) is 16.7. The van der Waals surface area contributed by atoms with Crippen molar-refractivity contribution >= 4 is 0 Å². The molecule has 4 aromatic heterocycles. The fourth-order valence-electron chi connectivity index (χ4n) is 2.06. The second-order valence-corrected chi connectivity index (χ2v) is 4.86. The third-order valence-electron chi connectivity index (χ3n) is 3.18. The van der Waals surface area contributed by atoms with Crippen LogP contribution in [0, 0.1) is 0 Å². The fraction of sp³-hybridized carbons (Fsp3) is 0.